The monoisotopic (exact) mass is 298 g/mol. The van der Waals surface area contributed by atoms with E-state index in [2.05, 4.69) is 9.97 Å². The number of hydrogen-bond acceptors (Lipinski definition) is 1. The summed E-state index contributed by atoms with van der Waals surface area (Å²) < 4.78 is 40.6. The molecule has 4 aromatic rings. The predicted octanol–water partition coefficient (Wildman–Crippen LogP) is 4.80. The minimum absolute atomic E-state index is 0.247. The van der Waals surface area contributed by atoms with Gasteiger partial charge in [-0.2, -0.15) is 0 Å². The minimum atomic E-state index is -0.930. The first-order chi connectivity index (χ1) is 10.6. The Kier molecular flexibility index (Phi) is 2.69. The van der Waals surface area contributed by atoms with Gasteiger partial charge in [0.05, 0.1) is 5.69 Å². The molecular formula is C17H9F3N2. The highest BCUT2D eigenvalue weighted by molar-refractivity contribution is 5.96. The molecule has 1 N–H and O–H groups in total. The van der Waals surface area contributed by atoms with Crippen LogP contribution in [-0.2, 0) is 0 Å². The van der Waals surface area contributed by atoms with Crippen molar-refractivity contribution in [3.8, 4) is 11.3 Å². The minimum Gasteiger partial charge on any atom is -0.360 e. The summed E-state index contributed by atoms with van der Waals surface area (Å²) in [7, 11) is 0. The third-order valence-electron chi connectivity index (χ3n) is 3.67. The zero-order valence-corrected chi connectivity index (χ0v) is 11.2. The zero-order valence-electron chi connectivity index (χ0n) is 11.2. The van der Waals surface area contributed by atoms with Gasteiger partial charge in [-0.05, 0) is 18.2 Å². The summed E-state index contributed by atoms with van der Waals surface area (Å²) >= 11 is 0. The number of aromatic nitrogens is 2. The predicted molar refractivity (Wildman–Crippen MR) is 78.9 cm³/mol. The number of hydrogen-bond donors (Lipinski definition) is 1. The van der Waals surface area contributed by atoms with Crippen LogP contribution in [0.4, 0.5) is 13.2 Å². The fraction of sp³-hybridized carbons (Fsp3) is 0. The van der Waals surface area contributed by atoms with Gasteiger partial charge in [-0.15, -0.1) is 0 Å². The molecule has 4 rings (SSSR count). The van der Waals surface area contributed by atoms with Gasteiger partial charge in [0.2, 0.25) is 0 Å². The summed E-state index contributed by atoms with van der Waals surface area (Å²) in [5.74, 6) is -2.27. The Morgan fingerprint density at radius 3 is 2.55 bits per heavy atom. The van der Waals surface area contributed by atoms with Gasteiger partial charge in [-0.1, -0.05) is 18.2 Å². The van der Waals surface area contributed by atoms with Crippen molar-refractivity contribution in [2.45, 2.75) is 0 Å². The lowest BCUT2D eigenvalue weighted by atomic mass is 10.1. The summed E-state index contributed by atoms with van der Waals surface area (Å²) in [6.07, 6.45) is 1.61. The molecule has 2 heterocycles. The molecule has 0 saturated heterocycles. The van der Waals surface area contributed by atoms with Gasteiger partial charge in [0.1, 0.15) is 11.3 Å². The highest BCUT2D eigenvalue weighted by atomic mass is 19.2. The van der Waals surface area contributed by atoms with Crippen molar-refractivity contribution in [3.05, 3.63) is 66.1 Å². The molecule has 0 aliphatic heterocycles. The highest BCUT2D eigenvalue weighted by Gasteiger charge is 2.12. The first kappa shape index (κ1) is 12.9. The molecule has 0 fully saturated rings. The number of H-pyrrole nitrogens is 1. The number of halogens is 3. The molecule has 0 radical (unpaired) electrons. The van der Waals surface area contributed by atoms with Gasteiger partial charge in [0.15, 0.2) is 11.6 Å². The van der Waals surface area contributed by atoms with E-state index < -0.39 is 17.5 Å². The molecule has 108 valence electrons. The molecule has 0 bridgehead atoms. The first-order valence-electron chi connectivity index (χ1n) is 6.65. The topological polar surface area (TPSA) is 28.7 Å². The number of para-hydroxylation sites is 1. The Bertz CT molecular complexity index is 1020. The third-order valence-corrected chi connectivity index (χ3v) is 3.67. The molecule has 0 aliphatic rings. The zero-order chi connectivity index (χ0) is 15.3. The van der Waals surface area contributed by atoms with Crippen LogP contribution in [0.2, 0.25) is 0 Å². The van der Waals surface area contributed by atoms with Crippen LogP contribution in [0.5, 0.6) is 0 Å². The van der Waals surface area contributed by atoms with Crippen LogP contribution in [-0.4, -0.2) is 9.97 Å². The van der Waals surface area contributed by atoms with Crippen molar-refractivity contribution in [2.75, 3.05) is 0 Å². The molecule has 2 nitrogen and oxygen atoms in total. The Morgan fingerprint density at radius 1 is 0.864 bits per heavy atom. The Morgan fingerprint density at radius 2 is 1.68 bits per heavy atom. The smallest absolute Gasteiger partial charge is 0.160 e. The molecule has 2 aromatic carbocycles. The lowest BCUT2D eigenvalue weighted by Crippen LogP contribution is -1.88. The van der Waals surface area contributed by atoms with E-state index >= 15 is 0 Å². The van der Waals surface area contributed by atoms with Crippen LogP contribution in [0.15, 0.2) is 48.7 Å². The molecule has 22 heavy (non-hydrogen) atoms. The third kappa shape index (κ3) is 1.86. The van der Waals surface area contributed by atoms with Gasteiger partial charge in [0.25, 0.3) is 0 Å². The fourth-order valence-corrected chi connectivity index (χ4v) is 2.59. The first-order valence-corrected chi connectivity index (χ1v) is 6.65. The number of rotatable bonds is 1. The van der Waals surface area contributed by atoms with Crippen LogP contribution in [0, 0.1) is 17.5 Å². The van der Waals surface area contributed by atoms with E-state index in [-0.39, 0.29) is 5.52 Å². The molecule has 0 spiro atoms. The Hall–Kier alpha value is -2.82. The highest BCUT2D eigenvalue weighted by Crippen LogP contribution is 2.30. The van der Waals surface area contributed by atoms with E-state index in [0.717, 1.165) is 12.1 Å². The number of fused-ring (bicyclic) bond motifs is 2. The molecule has 5 heteroatoms. The van der Waals surface area contributed by atoms with E-state index in [4.69, 9.17) is 0 Å². The number of aromatic amines is 1. The molecule has 0 saturated carbocycles. The van der Waals surface area contributed by atoms with Crippen molar-refractivity contribution in [1.29, 1.82) is 0 Å². The lowest BCUT2D eigenvalue weighted by Gasteiger charge is -2.03. The van der Waals surface area contributed by atoms with Crippen molar-refractivity contribution < 1.29 is 13.2 Å². The number of benzene rings is 2. The van der Waals surface area contributed by atoms with Gasteiger partial charge in [-0.3, -0.25) is 0 Å². The second kappa shape index (κ2) is 4.59. The van der Waals surface area contributed by atoms with E-state index in [1.54, 1.807) is 30.5 Å². The molecule has 0 unspecified atom stereocenters. The number of nitrogens with one attached hydrogen (secondary N) is 1. The van der Waals surface area contributed by atoms with Crippen molar-refractivity contribution in [3.63, 3.8) is 0 Å². The largest absolute Gasteiger partial charge is 0.360 e. The quantitative estimate of drug-likeness (QED) is 0.537. The van der Waals surface area contributed by atoms with Gasteiger partial charge in [0, 0.05) is 34.1 Å². The van der Waals surface area contributed by atoms with E-state index in [0.29, 0.717) is 27.5 Å². The van der Waals surface area contributed by atoms with Crippen LogP contribution in [0.1, 0.15) is 0 Å². The average molecular weight is 298 g/mol. The fourth-order valence-electron chi connectivity index (χ4n) is 2.59. The second-order valence-electron chi connectivity index (χ2n) is 5.02. The summed E-state index contributed by atoms with van der Waals surface area (Å²) in [5.41, 5.74) is 1.80. The molecule has 0 atom stereocenters. The van der Waals surface area contributed by atoms with Crippen LogP contribution >= 0.6 is 0 Å². The van der Waals surface area contributed by atoms with Gasteiger partial charge >= 0.3 is 0 Å². The number of nitrogens with zero attached hydrogens (tertiary/aromatic N) is 1. The van der Waals surface area contributed by atoms with Crippen LogP contribution in [0.25, 0.3) is 33.1 Å². The number of pyridine rings is 1. The van der Waals surface area contributed by atoms with Crippen molar-refractivity contribution in [1.82, 2.24) is 9.97 Å². The van der Waals surface area contributed by atoms with E-state index in [9.17, 15) is 13.2 Å². The Labute approximate surface area is 123 Å². The summed E-state index contributed by atoms with van der Waals surface area (Å²) in [4.78, 5) is 7.19. The summed E-state index contributed by atoms with van der Waals surface area (Å²) in [6, 6.07) is 10.4. The van der Waals surface area contributed by atoms with Crippen LogP contribution in [0.3, 0.4) is 0 Å². The van der Waals surface area contributed by atoms with E-state index in [1.807, 2.05) is 0 Å². The molecule has 2 aromatic heterocycles. The van der Waals surface area contributed by atoms with Gasteiger partial charge in [-0.25, -0.2) is 18.2 Å². The maximum atomic E-state index is 13.9. The van der Waals surface area contributed by atoms with Gasteiger partial charge < -0.3 is 4.98 Å². The standard InChI is InChI=1S/C17H9F3N2/c18-12-3-1-2-9-4-5-15(22-17(9)12)11-8-21-16-7-14(20)13(19)6-10(11)16/h1-8,21H. The summed E-state index contributed by atoms with van der Waals surface area (Å²) in [5, 5.41) is 1.18. The van der Waals surface area contributed by atoms with Crippen molar-refractivity contribution >= 4 is 21.8 Å². The SMILES string of the molecule is Fc1cc2[nH]cc(-c3ccc4cccc(F)c4n3)c2cc1F. The molecular weight excluding hydrogens is 289 g/mol. The second-order valence-corrected chi connectivity index (χ2v) is 5.02. The molecule has 0 aliphatic carbocycles. The Balaban J connectivity index is 1.99. The summed E-state index contributed by atoms with van der Waals surface area (Å²) in [6.45, 7) is 0. The maximum absolute atomic E-state index is 13.9. The maximum Gasteiger partial charge on any atom is 0.160 e. The lowest BCUT2D eigenvalue weighted by molar-refractivity contribution is 0.511. The van der Waals surface area contributed by atoms with Crippen molar-refractivity contribution in [2.24, 2.45) is 0 Å². The molecule has 0 amide bonds. The normalized spacial score (nSPS) is 11.4. The van der Waals surface area contributed by atoms with Crippen LogP contribution < -0.4 is 0 Å². The average Bonchev–Trinajstić information content (AvgIpc) is 2.91. The van der Waals surface area contributed by atoms with E-state index in [1.165, 1.54) is 6.07 Å².